The average Bonchev–Trinajstić information content (AvgIpc) is 3.02. The lowest BCUT2D eigenvalue weighted by Crippen LogP contribution is -2.37. The molecule has 1 aliphatic carbocycles. The van der Waals surface area contributed by atoms with E-state index in [2.05, 4.69) is 18.8 Å². The molecule has 0 radical (unpaired) electrons. The Balaban J connectivity index is 2.15. The lowest BCUT2D eigenvalue weighted by molar-refractivity contribution is 0.154. The van der Waals surface area contributed by atoms with Crippen molar-refractivity contribution in [2.45, 2.75) is 57.6 Å². The second kappa shape index (κ2) is 7.02. The number of hydrogen-bond acceptors (Lipinski definition) is 2. The van der Waals surface area contributed by atoms with Crippen LogP contribution in [0.25, 0.3) is 0 Å². The van der Waals surface area contributed by atoms with Crippen LogP contribution in [0.5, 0.6) is 0 Å². The van der Waals surface area contributed by atoms with E-state index in [0.29, 0.717) is 6.04 Å². The van der Waals surface area contributed by atoms with Crippen LogP contribution in [-0.4, -0.2) is 23.8 Å². The van der Waals surface area contributed by atoms with E-state index in [1.54, 1.807) is 0 Å². The highest BCUT2D eigenvalue weighted by Crippen LogP contribution is 2.34. The quantitative estimate of drug-likeness (QED) is 0.574. The normalized spacial score (nSPS) is 19.9. The van der Waals surface area contributed by atoms with Gasteiger partial charge in [-0.25, -0.2) is 0 Å². The predicted molar refractivity (Wildman–Crippen MR) is 64.9 cm³/mol. The molecule has 1 fully saturated rings. The van der Waals surface area contributed by atoms with Crippen molar-refractivity contribution < 1.29 is 5.11 Å². The standard InChI is InChI=1S/C13H25NO/c1-3-5-7-13(11-8-9-11)14-10-12(15)6-4-2/h3,11-15H,1,4-10H2,2H3. The first-order chi connectivity index (χ1) is 7.27. The van der Waals surface area contributed by atoms with Crippen LogP contribution in [0.1, 0.15) is 45.4 Å². The fraction of sp³-hybridized carbons (Fsp3) is 0.846. The predicted octanol–water partition coefficient (Wildman–Crippen LogP) is 2.48. The Labute approximate surface area is 93.8 Å². The smallest absolute Gasteiger partial charge is 0.0664 e. The molecule has 0 bridgehead atoms. The lowest BCUT2D eigenvalue weighted by Gasteiger charge is -2.19. The van der Waals surface area contributed by atoms with Crippen molar-refractivity contribution in [2.75, 3.05) is 6.54 Å². The first-order valence-electron chi connectivity index (χ1n) is 6.30. The van der Waals surface area contributed by atoms with Crippen LogP contribution in [-0.2, 0) is 0 Å². The molecule has 2 heteroatoms. The maximum absolute atomic E-state index is 9.64. The maximum Gasteiger partial charge on any atom is 0.0664 e. The summed E-state index contributed by atoms with van der Waals surface area (Å²) in [6.45, 7) is 6.63. The molecule has 0 spiro atoms. The summed E-state index contributed by atoms with van der Waals surface area (Å²) in [6, 6.07) is 0.606. The lowest BCUT2D eigenvalue weighted by atomic mass is 10.1. The van der Waals surface area contributed by atoms with E-state index in [0.717, 1.165) is 31.7 Å². The third-order valence-corrected chi connectivity index (χ3v) is 3.11. The van der Waals surface area contributed by atoms with E-state index in [1.165, 1.54) is 19.3 Å². The van der Waals surface area contributed by atoms with E-state index >= 15 is 0 Å². The Bertz CT molecular complexity index is 177. The molecule has 0 aliphatic heterocycles. The second-order valence-electron chi connectivity index (χ2n) is 4.66. The van der Waals surface area contributed by atoms with Crippen molar-refractivity contribution in [1.29, 1.82) is 0 Å². The third kappa shape index (κ3) is 5.33. The summed E-state index contributed by atoms with van der Waals surface area (Å²) in [6.07, 6.45) is 8.76. The molecule has 2 N–H and O–H groups in total. The minimum atomic E-state index is -0.167. The van der Waals surface area contributed by atoms with Crippen LogP contribution in [0.15, 0.2) is 12.7 Å². The van der Waals surface area contributed by atoms with Gasteiger partial charge in [0.1, 0.15) is 0 Å². The highest BCUT2D eigenvalue weighted by molar-refractivity contribution is 4.88. The summed E-state index contributed by atoms with van der Waals surface area (Å²) < 4.78 is 0. The van der Waals surface area contributed by atoms with Gasteiger partial charge in [0.05, 0.1) is 6.10 Å². The first-order valence-corrected chi connectivity index (χ1v) is 6.30. The van der Waals surface area contributed by atoms with Crippen LogP contribution >= 0.6 is 0 Å². The van der Waals surface area contributed by atoms with Crippen molar-refractivity contribution >= 4 is 0 Å². The topological polar surface area (TPSA) is 32.3 Å². The molecule has 0 heterocycles. The number of hydrogen-bond donors (Lipinski definition) is 2. The summed E-state index contributed by atoms with van der Waals surface area (Å²) in [4.78, 5) is 0. The highest BCUT2D eigenvalue weighted by Gasteiger charge is 2.30. The van der Waals surface area contributed by atoms with Crippen LogP contribution in [0, 0.1) is 5.92 Å². The Morgan fingerprint density at radius 2 is 2.20 bits per heavy atom. The van der Waals surface area contributed by atoms with Crippen LogP contribution < -0.4 is 5.32 Å². The second-order valence-corrected chi connectivity index (χ2v) is 4.66. The molecule has 2 atom stereocenters. The van der Waals surface area contributed by atoms with Gasteiger partial charge in [0.2, 0.25) is 0 Å². The highest BCUT2D eigenvalue weighted by atomic mass is 16.3. The molecular formula is C13H25NO. The van der Waals surface area contributed by atoms with E-state index < -0.39 is 0 Å². The number of rotatable bonds is 9. The zero-order chi connectivity index (χ0) is 11.1. The molecular weight excluding hydrogens is 186 g/mol. The SMILES string of the molecule is C=CCCC(NCC(O)CCC)C1CC1. The Morgan fingerprint density at radius 1 is 1.47 bits per heavy atom. The fourth-order valence-corrected chi connectivity index (χ4v) is 2.02. The van der Waals surface area contributed by atoms with Gasteiger partial charge in [-0.05, 0) is 38.0 Å². The Kier molecular flexibility index (Phi) is 5.96. The summed E-state index contributed by atoms with van der Waals surface area (Å²) in [5.41, 5.74) is 0. The first kappa shape index (κ1) is 12.7. The Morgan fingerprint density at radius 3 is 2.73 bits per heavy atom. The molecule has 0 amide bonds. The monoisotopic (exact) mass is 211 g/mol. The van der Waals surface area contributed by atoms with E-state index in [1.807, 2.05) is 6.08 Å². The van der Waals surface area contributed by atoms with Crippen molar-refractivity contribution in [3.8, 4) is 0 Å². The van der Waals surface area contributed by atoms with Crippen LogP contribution in [0.4, 0.5) is 0 Å². The summed E-state index contributed by atoms with van der Waals surface area (Å²) in [5, 5.41) is 13.1. The molecule has 0 aromatic heterocycles. The van der Waals surface area contributed by atoms with Gasteiger partial charge in [0.25, 0.3) is 0 Å². The summed E-state index contributed by atoms with van der Waals surface area (Å²) in [5.74, 6) is 0.860. The number of aliphatic hydroxyl groups is 1. The van der Waals surface area contributed by atoms with E-state index in [4.69, 9.17) is 0 Å². The molecule has 2 nitrogen and oxygen atoms in total. The van der Waals surface area contributed by atoms with Crippen molar-refractivity contribution in [1.82, 2.24) is 5.32 Å². The zero-order valence-corrected chi connectivity index (χ0v) is 9.91. The third-order valence-electron chi connectivity index (χ3n) is 3.11. The minimum absolute atomic E-state index is 0.167. The molecule has 0 aromatic carbocycles. The molecule has 88 valence electrons. The van der Waals surface area contributed by atoms with Gasteiger partial charge in [-0.2, -0.15) is 0 Å². The van der Waals surface area contributed by atoms with E-state index in [9.17, 15) is 5.11 Å². The van der Waals surface area contributed by atoms with Crippen molar-refractivity contribution in [2.24, 2.45) is 5.92 Å². The van der Waals surface area contributed by atoms with Gasteiger partial charge in [-0.1, -0.05) is 19.4 Å². The molecule has 0 saturated heterocycles. The summed E-state index contributed by atoms with van der Waals surface area (Å²) >= 11 is 0. The summed E-state index contributed by atoms with van der Waals surface area (Å²) in [7, 11) is 0. The molecule has 1 saturated carbocycles. The Hall–Kier alpha value is -0.340. The number of aliphatic hydroxyl groups excluding tert-OH is 1. The van der Waals surface area contributed by atoms with Gasteiger partial charge in [-0.3, -0.25) is 0 Å². The average molecular weight is 211 g/mol. The molecule has 0 aromatic rings. The molecule has 1 rings (SSSR count). The van der Waals surface area contributed by atoms with Crippen LogP contribution in [0.3, 0.4) is 0 Å². The molecule has 1 aliphatic rings. The van der Waals surface area contributed by atoms with Gasteiger partial charge < -0.3 is 10.4 Å². The van der Waals surface area contributed by atoms with Gasteiger partial charge in [-0.15, -0.1) is 6.58 Å². The van der Waals surface area contributed by atoms with Gasteiger partial charge in [0.15, 0.2) is 0 Å². The van der Waals surface area contributed by atoms with Crippen LogP contribution in [0.2, 0.25) is 0 Å². The van der Waals surface area contributed by atoms with Crippen molar-refractivity contribution in [3.63, 3.8) is 0 Å². The number of allylic oxidation sites excluding steroid dienone is 1. The van der Waals surface area contributed by atoms with Gasteiger partial charge in [0, 0.05) is 12.6 Å². The van der Waals surface area contributed by atoms with E-state index in [-0.39, 0.29) is 6.10 Å². The minimum Gasteiger partial charge on any atom is -0.392 e. The zero-order valence-electron chi connectivity index (χ0n) is 9.91. The largest absolute Gasteiger partial charge is 0.392 e. The fourth-order valence-electron chi connectivity index (χ4n) is 2.02. The number of nitrogens with one attached hydrogen (secondary N) is 1. The maximum atomic E-state index is 9.64. The van der Waals surface area contributed by atoms with Crippen molar-refractivity contribution in [3.05, 3.63) is 12.7 Å². The van der Waals surface area contributed by atoms with Gasteiger partial charge >= 0.3 is 0 Å². The molecule has 15 heavy (non-hydrogen) atoms. The molecule has 2 unspecified atom stereocenters.